The normalized spacial score (nSPS) is 23.0. The largest absolute Gasteiger partial charge is 0.379 e. The van der Waals surface area contributed by atoms with Crippen LogP contribution in [0.2, 0.25) is 0 Å². The van der Waals surface area contributed by atoms with E-state index in [9.17, 15) is 0 Å². The molecule has 0 amide bonds. The predicted octanol–water partition coefficient (Wildman–Crippen LogP) is 0.732. The van der Waals surface area contributed by atoms with Crippen LogP contribution in [0.1, 0.15) is 23.0 Å². The molecule has 0 spiro atoms. The molecule has 3 rings (SSSR count). The minimum atomic E-state index is 0.176. The lowest BCUT2D eigenvalue weighted by atomic mass is 10.0. The zero-order valence-corrected chi connectivity index (χ0v) is 12.8. The molecule has 7 heteroatoms. The van der Waals surface area contributed by atoms with Crippen molar-refractivity contribution in [1.29, 1.82) is 0 Å². The highest BCUT2D eigenvalue weighted by Gasteiger charge is 2.35. The van der Waals surface area contributed by atoms with E-state index in [4.69, 9.17) is 4.74 Å². The highest BCUT2D eigenvalue weighted by atomic mass is 16.5. The van der Waals surface area contributed by atoms with Crippen LogP contribution in [0.5, 0.6) is 0 Å². The SMILES string of the molecule is CO[C@@H]1CN(CCn2nc(C)cc2C)C[C@H]1c1cn[nH]n1. The lowest BCUT2D eigenvalue weighted by molar-refractivity contribution is 0.0959. The molecule has 2 aromatic heterocycles. The van der Waals surface area contributed by atoms with E-state index in [1.807, 2.05) is 6.92 Å². The second-order valence-corrected chi connectivity index (χ2v) is 5.69. The molecule has 114 valence electrons. The molecule has 7 nitrogen and oxygen atoms in total. The van der Waals surface area contributed by atoms with Gasteiger partial charge in [-0.2, -0.15) is 20.5 Å². The van der Waals surface area contributed by atoms with Gasteiger partial charge in [0.1, 0.15) is 0 Å². The van der Waals surface area contributed by atoms with Crippen LogP contribution in [0.3, 0.4) is 0 Å². The number of nitrogens with one attached hydrogen (secondary N) is 1. The molecule has 0 saturated carbocycles. The van der Waals surface area contributed by atoms with Crippen LogP contribution in [0, 0.1) is 13.8 Å². The van der Waals surface area contributed by atoms with Crippen LogP contribution < -0.4 is 0 Å². The molecule has 0 bridgehead atoms. The number of H-pyrrole nitrogens is 1. The van der Waals surface area contributed by atoms with Gasteiger partial charge in [-0.15, -0.1) is 0 Å². The maximum atomic E-state index is 5.61. The van der Waals surface area contributed by atoms with Crippen molar-refractivity contribution in [3.63, 3.8) is 0 Å². The van der Waals surface area contributed by atoms with Gasteiger partial charge in [0.2, 0.25) is 0 Å². The standard InChI is InChI=1S/C14H22N6O/c1-10-6-11(2)20(17-10)5-4-19-8-12(14(9-19)21-3)13-7-15-18-16-13/h6-7,12,14H,4-5,8-9H2,1-3H3,(H,15,16,18)/t12-,14+/m0/s1. The van der Waals surface area contributed by atoms with Gasteiger partial charge >= 0.3 is 0 Å². The van der Waals surface area contributed by atoms with E-state index < -0.39 is 0 Å². The molecule has 1 N–H and O–H groups in total. The predicted molar refractivity (Wildman–Crippen MR) is 78.1 cm³/mol. The summed E-state index contributed by atoms with van der Waals surface area (Å²) >= 11 is 0. The summed E-state index contributed by atoms with van der Waals surface area (Å²) in [5.74, 6) is 0.286. The second kappa shape index (κ2) is 5.95. The first-order chi connectivity index (χ1) is 10.2. The number of ether oxygens (including phenoxy) is 1. The zero-order valence-electron chi connectivity index (χ0n) is 12.8. The Balaban J connectivity index is 1.61. The maximum Gasteiger partial charge on any atom is 0.0894 e. The van der Waals surface area contributed by atoms with Gasteiger partial charge in [0.15, 0.2) is 0 Å². The Kier molecular flexibility index (Phi) is 4.03. The fourth-order valence-corrected chi connectivity index (χ4v) is 3.08. The molecule has 3 heterocycles. The van der Waals surface area contributed by atoms with Crippen LogP contribution >= 0.6 is 0 Å². The van der Waals surface area contributed by atoms with Crippen molar-refractivity contribution in [3.8, 4) is 0 Å². The average molecular weight is 290 g/mol. The number of aryl methyl sites for hydroxylation is 2. The summed E-state index contributed by atoms with van der Waals surface area (Å²) in [5.41, 5.74) is 3.27. The van der Waals surface area contributed by atoms with Crippen molar-refractivity contribution in [2.24, 2.45) is 0 Å². The minimum absolute atomic E-state index is 0.176. The van der Waals surface area contributed by atoms with E-state index in [1.54, 1.807) is 13.3 Å². The summed E-state index contributed by atoms with van der Waals surface area (Å²) in [6.45, 7) is 7.87. The highest BCUT2D eigenvalue weighted by Crippen LogP contribution is 2.27. The van der Waals surface area contributed by atoms with E-state index in [1.165, 1.54) is 5.69 Å². The van der Waals surface area contributed by atoms with Gasteiger partial charge in [-0.05, 0) is 19.9 Å². The van der Waals surface area contributed by atoms with E-state index in [0.29, 0.717) is 0 Å². The first-order valence-corrected chi connectivity index (χ1v) is 7.29. The summed E-state index contributed by atoms with van der Waals surface area (Å²) in [7, 11) is 1.77. The molecule has 2 atom stereocenters. The van der Waals surface area contributed by atoms with Crippen molar-refractivity contribution < 1.29 is 4.74 Å². The Hall–Kier alpha value is -1.73. The molecule has 1 saturated heterocycles. The number of aromatic amines is 1. The van der Waals surface area contributed by atoms with Crippen molar-refractivity contribution >= 4 is 0 Å². The topological polar surface area (TPSA) is 71.9 Å². The van der Waals surface area contributed by atoms with Crippen LogP contribution in [-0.4, -0.2) is 62.9 Å². The number of aromatic nitrogens is 5. The van der Waals surface area contributed by atoms with Gasteiger partial charge < -0.3 is 4.74 Å². The van der Waals surface area contributed by atoms with E-state index in [2.05, 4.69) is 43.1 Å². The Bertz CT molecular complexity index is 578. The van der Waals surface area contributed by atoms with E-state index >= 15 is 0 Å². The molecule has 2 aromatic rings. The number of nitrogens with zero attached hydrogens (tertiary/aromatic N) is 5. The van der Waals surface area contributed by atoms with E-state index in [-0.39, 0.29) is 12.0 Å². The summed E-state index contributed by atoms with van der Waals surface area (Å²) in [5, 5.41) is 15.3. The molecule has 0 unspecified atom stereocenters. The van der Waals surface area contributed by atoms with Gasteiger partial charge in [0, 0.05) is 38.4 Å². The third-order valence-electron chi connectivity index (χ3n) is 4.19. The first kappa shape index (κ1) is 14.2. The Morgan fingerprint density at radius 2 is 2.19 bits per heavy atom. The monoisotopic (exact) mass is 290 g/mol. The number of likely N-dealkylation sites (tertiary alicyclic amines) is 1. The number of rotatable bonds is 5. The third kappa shape index (κ3) is 2.98. The lowest BCUT2D eigenvalue weighted by Crippen LogP contribution is -2.27. The molecular formula is C14H22N6O. The molecule has 0 aliphatic carbocycles. The zero-order chi connectivity index (χ0) is 14.8. The summed E-state index contributed by atoms with van der Waals surface area (Å²) in [4.78, 5) is 2.41. The third-order valence-corrected chi connectivity index (χ3v) is 4.19. The molecule has 1 aliphatic heterocycles. The van der Waals surface area contributed by atoms with Gasteiger partial charge in [-0.1, -0.05) is 0 Å². The maximum absolute atomic E-state index is 5.61. The first-order valence-electron chi connectivity index (χ1n) is 7.29. The van der Waals surface area contributed by atoms with E-state index in [0.717, 1.165) is 37.6 Å². The summed E-state index contributed by atoms with van der Waals surface area (Å²) in [6.07, 6.45) is 1.97. The average Bonchev–Trinajstić information content (AvgIpc) is 3.15. The van der Waals surface area contributed by atoms with Crippen molar-refractivity contribution in [2.45, 2.75) is 32.4 Å². The molecule has 0 radical (unpaired) electrons. The Morgan fingerprint density at radius 3 is 2.81 bits per heavy atom. The van der Waals surface area contributed by atoms with Crippen LogP contribution in [0.15, 0.2) is 12.3 Å². The molecule has 1 fully saturated rings. The van der Waals surface area contributed by atoms with Gasteiger partial charge in [-0.3, -0.25) is 9.58 Å². The second-order valence-electron chi connectivity index (χ2n) is 5.69. The van der Waals surface area contributed by atoms with Crippen molar-refractivity contribution in [1.82, 2.24) is 30.1 Å². The minimum Gasteiger partial charge on any atom is -0.379 e. The molecule has 1 aliphatic rings. The van der Waals surface area contributed by atoms with Gasteiger partial charge in [0.25, 0.3) is 0 Å². The quantitative estimate of drug-likeness (QED) is 0.879. The van der Waals surface area contributed by atoms with Gasteiger partial charge in [-0.25, -0.2) is 0 Å². The number of methoxy groups -OCH3 is 1. The Morgan fingerprint density at radius 1 is 1.33 bits per heavy atom. The van der Waals surface area contributed by atoms with Crippen molar-refractivity contribution in [2.75, 3.05) is 26.7 Å². The summed E-state index contributed by atoms with van der Waals surface area (Å²) in [6, 6.07) is 2.11. The highest BCUT2D eigenvalue weighted by molar-refractivity contribution is 5.10. The fraction of sp³-hybridized carbons (Fsp3) is 0.643. The molecule has 0 aromatic carbocycles. The summed E-state index contributed by atoms with van der Waals surface area (Å²) < 4.78 is 7.68. The van der Waals surface area contributed by atoms with Crippen molar-refractivity contribution in [3.05, 3.63) is 29.3 Å². The van der Waals surface area contributed by atoms with Crippen LogP contribution in [-0.2, 0) is 11.3 Å². The fourth-order valence-electron chi connectivity index (χ4n) is 3.08. The van der Waals surface area contributed by atoms with Gasteiger partial charge in [0.05, 0.1) is 30.2 Å². The smallest absolute Gasteiger partial charge is 0.0894 e. The van der Waals surface area contributed by atoms with Crippen LogP contribution in [0.4, 0.5) is 0 Å². The molecule has 21 heavy (non-hydrogen) atoms. The number of hydrogen-bond acceptors (Lipinski definition) is 5. The van der Waals surface area contributed by atoms with Crippen LogP contribution in [0.25, 0.3) is 0 Å². The number of hydrogen-bond donors (Lipinski definition) is 1. The Labute approximate surface area is 124 Å². The lowest BCUT2D eigenvalue weighted by Gasteiger charge is -2.15. The molecular weight excluding hydrogens is 268 g/mol.